The molecular formula is C59H37Cl2N11O8. The maximum absolute atomic E-state index is 13.8. The predicted octanol–water partition coefficient (Wildman–Crippen LogP) is 16.9. The SMILES string of the molecule is CN(c1ccc(N=Nc2c(O)c(NC(=O)c3cccc([N+](=O)[O-])c3)cc3ccc4c5cc(Cl)ccc5[nH]c4c23)cc1)c1ccc(N=Nc2c(O)c(C(=O)Nc3cccc([N+](=O)[O-])c3)cc3ccc4c5cc(Cl)ccc5[nH]c4c23)cc1. The third-order valence-corrected chi connectivity index (χ3v) is 14.2. The smallest absolute Gasteiger partial charge is 0.271 e. The van der Waals surface area contributed by atoms with Gasteiger partial charge < -0.3 is 35.7 Å². The molecule has 0 spiro atoms. The quantitative estimate of drug-likeness (QED) is 0.0293. The van der Waals surface area contributed by atoms with Gasteiger partial charge in [0.05, 0.1) is 43.5 Å². The molecule has 2 aromatic heterocycles. The van der Waals surface area contributed by atoms with Crippen molar-refractivity contribution in [2.24, 2.45) is 20.5 Å². The summed E-state index contributed by atoms with van der Waals surface area (Å²) in [5.74, 6) is -2.27. The first-order chi connectivity index (χ1) is 38.6. The highest BCUT2D eigenvalue weighted by Gasteiger charge is 2.24. The molecule has 2 heterocycles. The Morgan fingerprint density at radius 3 is 1.60 bits per heavy atom. The molecule has 2 amide bonds. The molecule has 21 heteroatoms. The summed E-state index contributed by atoms with van der Waals surface area (Å²) < 4.78 is 0. The van der Waals surface area contributed by atoms with E-state index in [2.05, 4.69) is 41.1 Å². The lowest BCUT2D eigenvalue weighted by Gasteiger charge is -2.19. The molecule has 10 aromatic carbocycles. The summed E-state index contributed by atoms with van der Waals surface area (Å²) in [7, 11) is 1.87. The van der Waals surface area contributed by atoms with Gasteiger partial charge >= 0.3 is 0 Å². The minimum absolute atomic E-state index is 0.00545. The molecule has 0 fully saturated rings. The Morgan fingerprint density at radius 2 is 1.05 bits per heavy atom. The molecule has 0 saturated carbocycles. The van der Waals surface area contributed by atoms with Crippen molar-refractivity contribution in [3.63, 3.8) is 0 Å². The molecule has 0 atom stereocenters. The molecule has 0 aliphatic rings. The number of aromatic amines is 2. The first-order valence-corrected chi connectivity index (χ1v) is 25.1. The number of rotatable bonds is 12. The highest BCUT2D eigenvalue weighted by molar-refractivity contribution is 6.33. The number of aromatic nitrogens is 2. The van der Waals surface area contributed by atoms with Crippen LogP contribution in [0.3, 0.4) is 0 Å². The van der Waals surface area contributed by atoms with Crippen LogP contribution in [0.25, 0.3) is 65.2 Å². The zero-order valence-electron chi connectivity index (χ0n) is 41.4. The van der Waals surface area contributed by atoms with Crippen LogP contribution in [0, 0.1) is 20.2 Å². The number of H-pyrrole nitrogens is 2. The fraction of sp³-hybridized carbons (Fsp3) is 0.0169. The van der Waals surface area contributed by atoms with Crippen molar-refractivity contribution in [3.8, 4) is 11.5 Å². The van der Waals surface area contributed by atoms with E-state index >= 15 is 0 Å². The molecule has 0 bridgehead atoms. The van der Waals surface area contributed by atoms with Crippen LogP contribution in [0.2, 0.25) is 10.0 Å². The molecule has 0 aliphatic carbocycles. The number of nitrogens with zero attached hydrogens (tertiary/aromatic N) is 7. The van der Waals surface area contributed by atoms with Crippen LogP contribution in [0.15, 0.2) is 190 Å². The zero-order valence-corrected chi connectivity index (χ0v) is 42.9. The van der Waals surface area contributed by atoms with Gasteiger partial charge in [0.25, 0.3) is 23.2 Å². The molecule has 80 heavy (non-hydrogen) atoms. The van der Waals surface area contributed by atoms with E-state index in [1.54, 1.807) is 48.5 Å². The summed E-state index contributed by atoms with van der Waals surface area (Å²) in [6.07, 6.45) is 0. The third kappa shape index (κ3) is 9.18. The fourth-order valence-corrected chi connectivity index (χ4v) is 10.1. The third-order valence-electron chi connectivity index (χ3n) is 13.7. The van der Waals surface area contributed by atoms with Gasteiger partial charge in [0.15, 0.2) is 11.5 Å². The van der Waals surface area contributed by atoms with Crippen molar-refractivity contribution in [1.29, 1.82) is 0 Å². The van der Waals surface area contributed by atoms with Crippen molar-refractivity contribution in [1.82, 2.24) is 9.97 Å². The summed E-state index contributed by atoms with van der Waals surface area (Å²) in [6.45, 7) is 0. The number of benzene rings is 10. The number of nitro groups is 2. The molecule has 0 unspecified atom stereocenters. The number of fused-ring (bicyclic) bond motifs is 10. The van der Waals surface area contributed by atoms with E-state index in [0.717, 1.165) is 50.0 Å². The number of phenolic OH excluding ortho intramolecular Hbond substituents is 2. The number of nitro benzene ring substituents is 2. The summed E-state index contributed by atoms with van der Waals surface area (Å²) in [5, 5.41) is 76.8. The van der Waals surface area contributed by atoms with E-state index in [-0.39, 0.29) is 51.0 Å². The van der Waals surface area contributed by atoms with Gasteiger partial charge in [0.1, 0.15) is 11.4 Å². The molecule has 0 aliphatic heterocycles. The minimum atomic E-state index is -0.727. The van der Waals surface area contributed by atoms with E-state index in [1.807, 2.05) is 78.7 Å². The van der Waals surface area contributed by atoms with Crippen LogP contribution in [-0.2, 0) is 0 Å². The second kappa shape index (κ2) is 20.0. The Kier molecular flexibility index (Phi) is 12.5. The molecule has 390 valence electrons. The summed E-state index contributed by atoms with van der Waals surface area (Å²) in [4.78, 5) is 57.8. The maximum atomic E-state index is 13.8. The lowest BCUT2D eigenvalue weighted by molar-refractivity contribution is -0.385. The van der Waals surface area contributed by atoms with Crippen molar-refractivity contribution in [2.45, 2.75) is 0 Å². The van der Waals surface area contributed by atoms with Gasteiger partial charge in [0, 0.05) is 107 Å². The van der Waals surface area contributed by atoms with Crippen LogP contribution >= 0.6 is 23.2 Å². The number of nitrogens with one attached hydrogen (secondary N) is 4. The fourth-order valence-electron chi connectivity index (χ4n) is 9.77. The summed E-state index contributed by atoms with van der Waals surface area (Å²) in [5.41, 5.74) is 4.85. The van der Waals surface area contributed by atoms with E-state index in [4.69, 9.17) is 23.2 Å². The Balaban J connectivity index is 0.838. The number of aromatic hydroxyl groups is 2. The molecule has 12 aromatic rings. The Morgan fingerprint density at radius 1 is 0.537 bits per heavy atom. The number of hydrogen-bond acceptors (Lipinski definition) is 13. The lowest BCUT2D eigenvalue weighted by Crippen LogP contribution is -2.12. The summed E-state index contributed by atoms with van der Waals surface area (Å²) >= 11 is 12.8. The van der Waals surface area contributed by atoms with Crippen molar-refractivity contribution < 1.29 is 29.6 Å². The van der Waals surface area contributed by atoms with Gasteiger partial charge in [-0.1, -0.05) is 59.6 Å². The van der Waals surface area contributed by atoms with E-state index in [0.29, 0.717) is 54.0 Å². The molecule has 19 nitrogen and oxygen atoms in total. The predicted molar refractivity (Wildman–Crippen MR) is 311 cm³/mol. The van der Waals surface area contributed by atoms with Crippen molar-refractivity contribution >= 4 is 157 Å². The lowest BCUT2D eigenvalue weighted by atomic mass is 10.00. The largest absolute Gasteiger partial charge is 0.505 e. The normalized spacial score (nSPS) is 11.7. The second-order valence-corrected chi connectivity index (χ2v) is 19.4. The van der Waals surface area contributed by atoms with Gasteiger partial charge in [-0.05, 0) is 120 Å². The van der Waals surface area contributed by atoms with Gasteiger partial charge in [-0.15, -0.1) is 10.2 Å². The van der Waals surface area contributed by atoms with Crippen LogP contribution < -0.4 is 15.5 Å². The van der Waals surface area contributed by atoms with Gasteiger partial charge in [0.2, 0.25) is 0 Å². The number of hydrogen-bond donors (Lipinski definition) is 6. The molecule has 0 radical (unpaired) electrons. The number of phenols is 2. The van der Waals surface area contributed by atoms with Crippen molar-refractivity contribution in [2.75, 3.05) is 22.6 Å². The van der Waals surface area contributed by atoms with E-state index in [9.17, 15) is 40.0 Å². The Hall–Kier alpha value is -10.8. The number of non-ortho nitro benzene ring substituents is 2. The van der Waals surface area contributed by atoms with E-state index < -0.39 is 27.4 Å². The molecule has 0 saturated heterocycles. The number of carbonyl (C=O) groups excluding carboxylic acids is 2. The van der Waals surface area contributed by atoms with Gasteiger partial charge in [-0.25, -0.2) is 0 Å². The summed E-state index contributed by atoms with van der Waals surface area (Å²) in [6, 6.07) is 46.4. The maximum Gasteiger partial charge on any atom is 0.271 e. The number of carbonyl (C=O) groups is 2. The Labute approximate surface area is 460 Å². The average molecular weight is 1100 g/mol. The Bertz CT molecular complexity index is 4680. The average Bonchev–Trinajstić information content (AvgIpc) is 4.05. The number of halogens is 2. The second-order valence-electron chi connectivity index (χ2n) is 18.6. The zero-order chi connectivity index (χ0) is 55.5. The van der Waals surface area contributed by atoms with Crippen LogP contribution in [0.5, 0.6) is 11.5 Å². The molecular weight excluding hydrogens is 1060 g/mol. The first-order valence-electron chi connectivity index (χ1n) is 24.3. The highest BCUT2D eigenvalue weighted by Crippen LogP contribution is 2.48. The standard InChI is InChI=1S/C59H37Cl2N11O8/c1-70(38-16-12-35(13-17-38)66-68-54-50-30(8-20-42-44-27-33(60)10-22-47(44)63-52(42)50)25-46(56(54)73)59(76)62-37-5-3-7-41(29-37)72(79)80)39-18-14-36(15-19-39)67-69-55-51-31(9-21-43-45-28-34(61)11-23-48(45)64-53(43)51)26-49(57(55)74)65-58(75)32-4-2-6-40(24-32)71(77)78/h2-29,63-64,73-74H,1H3,(H,62,76)(H,65,75). The number of amides is 2. The highest BCUT2D eigenvalue weighted by atomic mass is 35.5. The number of anilines is 4. The van der Waals surface area contributed by atoms with E-state index in [1.165, 1.54) is 48.5 Å². The van der Waals surface area contributed by atoms with Crippen molar-refractivity contribution in [3.05, 3.63) is 211 Å². The van der Waals surface area contributed by atoms with Crippen LogP contribution in [-0.4, -0.2) is 48.9 Å². The number of azo groups is 2. The van der Waals surface area contributed by atoms with Crippen LogP contribution in [0.1, 0.15) is 20.7 Å². The van der Waals surface area contributed by atoms with Gasteiger partial charge in [-0.3, -0.25) is 29.8 Å². The minimum Gasteiger partial charge on any atom is -0.505 e. The molecule has 12 rings (SSSR count). The topological polar surface area (TPSA) is 269 Å². The van der Waals surface area contributed by atoms with Crippen LogP contribution in [0.4, 0.5) is 56.9 Å². The monoisotopic (exact) mass is 1100 g/mol. The molecule has 6 N–H and O–H groups in total. The first kappa shape index (κ1) is 50.1. The van der Waals surface area contributed by atoms with Gasteiger partial charge in [-0.2, -0.15) is 10.2 Å².